The summed E-state index contributed by atoms with van der Waals surface area (Å²) in [4.78, 5) is 4.53. The maximum atomic E-state index is 4.53. The van der Waals surface area contributed by atoms with Crippen molar-refractivity contribution in [3.63, 3.8) is 0 Å². The van der Waals surface area contributed by atoms with Crippen LogP contribution in [0.15, 0.2) is 164 Å². The number of pyridine rings is 1. The van der Waals surface area contributed by atoms with Crippen LogP contribution in [0.2, 0.25) is 0 Å². The van der Waals surface area contributed by atoms with Crippen LogP contribution in [0.1, 0.15) is 0 Å². The molecule has 3 heterocycles. The Morgan fingerprint density at radius 3 is 1.59 bits per heavy atom. The van der Waals surface area contributed by atoms with E-state index in [0.29, 0.717) is 0 Å². The van der Waals surface area contributed by atoms with Crippen LogP contribution in [-0.4, -0.2) is 14.1 Å². The minimum absolute atomic E-state index is 1.10. The highest BCUT2D eigenvalue weighted by molar-refractivity contribution is 6.18. The Kier molecular flexibility index (Phi) is 5.50. The molecule has 0 aliphatic heterocycles. The SMILES string of the molecule is c1ccc(-c2ccc(-n3c4ccccc4c4cccc(-c5cccc6c7ccncc7n(-c7ccccc7)c56)c43)cc2)cc1. The second kappa shape index (κ2) is 9.82. The average molecular weight is 562 g/mol. The summed E-state index contributed by atoms with van der Waals surface area (Å²) in [6.07, 6.45) is 3.87. The fraction of sp³-hybridized carbons (Fsp3) is 0. The highest BCUT2D eigenvalue weighted by Crippen LogP contribution is 2.43. The van der Waals surface area contributed by atoms with Crippen LogP contribution in [0.3, 0.4) is 0 Å². The molecule has 0 amide bonds. The molecule has 0 saturated heterocycles. The number of hydrogen-bond donors (Lipinski definition) is 0. The molecule has 0 bridgehead atoms. The van der Waals surface area contributed by atoms with Crippen LogP contribution in [0.25, 0.3) is 77.2 Å². The summed E-state index contributed by atoms with van der Waals surface area (Å²) in [5.74, 6) is 0. The monoisotopic (exact) mass is 561 g/mol. The molecule has 6 aromatic carbocycles. The van der Waals surface area contributed by atoms with Gasteiger partial charge in [0.25, 0.3) is 0 Å². The van der Waals surface area contributed by atoms with Crippen molar-refractivity contribution in [2.45, 2.75) is 0 Å². The van der Waals surface area contributed by atoms with Gasteiger partial charge in [0.1, 0.15) is 0 Å². The molecule has 44 heavy (non-hydrogen) atoms. The topological polar surface area (TPSA) is 22.8 Å². The molecule has 9 aromatic rings. The highest BCUT2D eigenvalue weighted by Gasteiger charge is 2.21. The summed E-state index contributed by atoms with van der Waals surface area (Å²) in [7, 11) is 0. The second-order valence-electron chi connectivity index (χ2n) is 11.2. The lowest BCUT2D eigenvalue weighted by Crippen LogP contribution is -1.98. The van der Waals surface area contributed by atoms with Crippen molar-refractivity contribution in [1.82, 2.24) is 14.1 Å². The molecule has 0 fully saturated rings. The number of aromatic nitrogens is 3. The van der Waals surface area contributed by atoms with Gasteiger partial charge in [-0.05, 0) is 47.5 Å². The van der Waals surface area contributed by atoms with Crippen molar-refractivity contribution in [2.24, 2.45) is 0 Å². The van der Waals surface area contributed by atoms with Gasteiger partial charge in [0.05, 0.1) is 28.3 Å². The molecule has 0 aliphatic rings. The van der Waals surface area contributed by atoms with Gasteiger partial charge in [0.15, 0.2) is 0 Å². The summed E-state index contributed by atoms with van der Waals surface area (Å²) >= 11 is 0. The van der Waals surface area contributed by atoms with Gasteiger partial charge in [0.2, 0.25) is 0 Å². The van der Waals surface area contributed by atoms with E-state index in [-0.39, 0.29) is 0 Å². The van der Waals surface area contributed by atoms with Gasteiger partial charge in [0, 0.05) is 50.2 Å². The highest BCUT2D eigenvalue weighted by atomic mass is 15.0. The Hall–Kier alpha value is -5.93. The zero-order chi connectivity index (χ0) is 29.0. The van der Waals surface area contributed by atoms with Gasteiger partial charge in [-0.3, -0.25) is 4.98 Å². The quantitative estimate of drug-likeness (QED) is 0.210. The maximum absolute atomic E-state index is 4.53. The molecule has 0 saturated carbocycles. The molecular formula is C41H27N3. The normalized spacial score (nSPS) is 11.6. The van der Waals surface area contributed by atoms with Crippen LogP contribution in [0, 0.1) is 0 Å². The first-order valence-corrected chi connectivity index (χ1v) is 15.0. The predicted octanol–water partition coefficient (Wildman–Crippen LogP) is 10.6. The Balaban J connectivity index is 1.38. The summed E-state index contributed by atoms with van der Waals surface area (Å²) in [6.45, 7) is 0. The van der Waals surface area contributed by atoms with Gasteiger partial charge in [-0.25, -0.2) is 0 Å². The molecule has 206 valence electrons. The summed E-state index contributed by atoms with van der Waals surface area (Å²) < 4.78 is 4.80. The van der Waals surface area contributed by atoms with Crippen molar-refractivity contribution in [1.29, 1.82) is 0 Å². The predicted molar refractivity (Wildman–Crippen MR) is 184 cm³/mol. The van der Waals surface area contributed by atoms with Crippen LogP contribution in [0.5, 0.6) is 0 Å². The van der Waals surface area contributed by atoms with Gasteiger partial charge in [-0.2, -0.15) is 0 Å². The van der Waals surface area contributed by atoms with E-state index in [2.05, 4.69) is 166 Å². The Bertz CT molecular complexity index is 2470. The van der Waals surface area contributed by atoms with E-state index in [1.165, 1.54) is 60.3 Å². The molecule has 9 rings (SSSR count). The number of para-hydroxylation sites is 4. The van der Waals surface area contributed by atoms with Gasteiger partial charge < -0.3 is 9.13 Å². The largest absolute Gasteiger partial charge is 0.309 e. The Morgan fingerprint density at radius 2 is 0.886 bits per heavy atom. The molecule has 3 heteroatoms. The summed E-state index contributed by atoms with van der Waals surface area (Å²) in [6, 6.07) is 54.4. The zero-order valence-electron chi connectivity index (χ0n) is 23.9. The lowest BCUT2D eigenvalue weighted by Gasteiger charge is -2.15. The standard InChI is InChI=1S/C41H27N3/c1-3-11-28(12-4-1)29-21-23-31(24-22-29)43-38-20-8-7-15-32(38)34-16-9-18-36(40(34)43)37-19-10-17-35-33-25-26-42-27-39(33)44(41(35)37)30-13-5-2-6-14-30/h1-27H. The Morgan fingerprint density at radius 1 is 0.364 bits per heavy atom. The zero-order valence-corrected chi connectivity index (χ0v) is 23.9. The molecule has 0 N–H and O–H groups in total. The molecule has 0 spiro atoms. The second-order valence-corrected chi connectivity index (χ2v) is 11.2. The third-order valence-corrected chi connectivity index (χ3v) is 8.82. The lowest BCUT2D eigenvalue weighted by molar-refractivity contribution is 1.16. The molecule has 3 aromatic heterocycles. The molecule has 3 nitrogen and oxygen atoms in total. The van der Waals surface area contributed by atoms with Gasteiger partial charge in [-0.15, -0.1) is 0 Å². The van der Waals surface area contributed by atoms with Crippen molar-refractivity contribution >= 4 is 43.6 Å². The van der Waals surface area contributed by atoms with E-state index < -0.39 is 0 Å². The fourth-order valence-corrected chi connectivity index (χ4v) is 6.91. The van der Waals surface area contributed by atoms with Crippen LogP contribution in [0.4, 0.5) is 0 Å². The van der Waals surface area contributed by atoms with E-state index in [0.717, 1.165) is 16.9 Å². The van der Waals surface area contributed by atoms with Gasteiger partial charge in [-0.1, -0.05) is 115 Å². The molecule has 0 unspecified atom stereocenters. The number of fused-ring (bicyclic) bond motifs is 6. The number of nitrogens with zero attached hydrogens (tertiary/aromatic N) is 3. The van der Waals surface area contributed by atoms with Crippen LogP contribution >= 0.6 is 0 Å². The third-order valence-electron chi connectivity index (χ3n) is 8.82. The molecule has 0 atom stereocenters. The van der Waals surface area contributed by atoms with E-state index in [9.17, 15) is 0 Å². The minimum Gasteiger partial charge on any atom is -0.309 e. The number of benzene rings is 6. The van der Waals surface area contributed by atoms with Crippen LogP contribution < -0.4 is 0 Å². The third kappa shape index (κ3) is 3.66. The Labute approximate surface area is 254 Å². The average Bonchev–Trinajstić information content (AvgIpc) is 3.63. The maximum Gasteiger partial charge on any atom is 0.0724 e. The van der Waals surface area contributed by atoms with E-state index in [1.54, 1.807) is 0 Å². The first kappa shape index (κ1) is 24.6. The molecule has 0 radical (unpaired) electrons. The lowest BCUT2D eigenvalue weighted by atomic mass is 9.99. The van der Waals surface area contributed by atoms with E-state index in [4.69, 9.17) is 0 Å². The number of rotatable bonds is 4. The summed E-state index contributed by atoms with van der Waals surface area (Å²) in [5.41, 5.74) is 11.8. The van der Waals surface area contributed by atoms with E-state index >= 15 is 0 Å². The van der Waals surface area contributed by atoms with Crippen molar-refractivity contribution in [3.8, 4) is 33.6 Å². The van der Waals surface area contributed by atoms with Crippen molar-refractivity contribution in [3.05, 3.63) is 164 Å². The van der Waals surface area contributed by atoms with Crippen LogP contribution in [-0.2, 0) is 0 Å². The molecule has 0 aliphatic carbocycles. The first-order valence-electron chi connectivity index (χ1n) is 15.0. The first-order chi connectivity index (χ1) is 21.9. The summed E-state index contributed by atoms with van der Waals surface area (Å²) in [5, 5.41) is 4.91. The smallest absolute Gasteiger partial charge is 0.0724 e. The van der Waals surface area contributed by atoms with Crippen molar-refractivity contribution in [2.75, 3.05) is 0 Å². The minimum atomic E-state index is 1.10. The fourth-order valence-electron chi connectivity index (χ4n) is 6.91. The van der Waals surface area contributed by atoms with Crippen molar-refractivity contribution < 1.29 is 0 Å². The number of hydrogen-bond acceptors (Lipinski definition) is 1. The molecular weight excluding hydrogens is 534 g/mol. The van der Waals surface area contributed by atoms with Gasteiger partial charge >= 0.3 is 0 Å². The van der Waals surface area contributed by atoms with E-state index in [1.807, 2.05) is 12.4 Å².